The first-order valence-electron chi connectivity index (χ1n) is 18.5. The molecule has 274 valence electrons. The Morgan fingerprint density at radius 1 is 0.722 bits per heavy atom. The third kappa shape index (κ3) is 5.22. The molecule has 3 aromatic heterocycles. The fourth-order valence-electron chi connectivity index (χ4n) is 8.54. The predicted octanol–water partition coefficient (Wildman–Crippen LogP) is 10.6. The van der Waals surface area contributed by atoms with E-state index in [0.29, 0.717) is 0 Å². The molecule has 0 saturated heterocycles. The van der Waals surface area contributed by atoms with Gasteiger partial charge in [0.2, 0.25) is 0 Å². The van der Waals surface area contributed by atoms with Crippen LogP contribution in [0, 0.1) is 32.6 Å². The zero-order valence-electron chi connectivity index (χ0n) is 32.1. The largest absolute Gasteiger partial charge is 0.504 e. The minimum Gasteiger partial charge on any atom is -0.504 e. The van der Waals surface area contributed by atoms with Crippen molar-refractivity contribution in [1.82, 2.24) is 14.4 Å². The average Bonchev–Trinajstić information content (AvgIpc) is 3.77. The van der Waals surface area contributed by atoms with Gasteiger partial charge in [-0.05, 0) is 78.4 Å². The summed E-state index contributed by atoms with van der Waals surface area (Å²) >= 11 is 0. The molecule has 5 nitrogen and oxygen atoms in total. The predicted molar refractivity (Wildman–Crippen MR) is 216 cm³/mol. The van der Waals surface area contributed by atoms with Crippen molar-refractivity contribution in [3.63, 3.8) is 0 Å². The number of aryl methyl sites for hydroxylation is 2. The van der Waals surface area contributed by atoms with E-state index in [1.54, 1.807) is 0 Å². The molecule has 6 heteroatoms. The Kier molecular flexibility index (Phi) is 8.54. The van der Waals surface area contributed by atoms with Gasteiger partial charge in [-0.25, -0.2) is 0 Å². The first kappa shape index (κ1) is 36.0. The number of pyridine rings is 2. The van der Waals surface area contributed by atoms with Gasteiger partial charge in [-0.2, -0.15) is 37.0 Å². The number of rotatable bonds is 5. The second-order valence-corrected chi connectivity index (χ2v) is 16.2. The topological polar surface area (TPSA) is 36.7 Å². The van der Waals surface area contributed by atoms with E-state index < -0.39 is 10.8 Å². The van der Waals surface area contributed by atoms with Gasteiger partial charge in [-0.15, -0.1) is 22.4 Å². The molecule has 0 bridgehead atoms. The molecule has 0 fully saturated rings. The van der Waals surface area contributed by atoms with Crippen molar-refractivity contribution in [2.75, 3.05) is 16.8 Å². The van der Waals surface area contributed by atoms with Crippen molar-refractivity contribution in [1.29, 1.82) is 0 Å². The summed E-state index contributed by atoms with van der Waals surface area (Å²) in [7, 11) is 2.10. The summed E-state index contributed by atoms with van der Waals surface area (Å²) in [6.45, 7) is 17.7. The summed E-state index contributed by atoms with van der Waals surface area (Å²) in [5, 5.41) is 0. The van der Waals surface area contributed by atoms with Crippen LogP contribution in [0.5, 0.6) is 0 Å². The van der Waals surface area contributed by atoms with Crippen LogP contribution in [0.15, 0.2) is 116 Å². The molecule has 0 N–H and O–H groups in total. The summed E-state index contributed by atoms with van der Waals surface area (Å²) < 4.78 is 2.29. The van der Waals surface area contributed by atoms with Gasteiger partial charge < -0.3 is 14.2 Å². The standard InChI is InChI=1S/C48H44N5.Pt/c1-31-32(2)52-29-35(27-41(45(52)50-31)47(6,7)44-28-33(24-25-49-44)46(3,4)5)48(39-20-11-9-18-37(39)38-19-10-12-21-40(38)48)34-16-15-17-36(26-34)53-30-51(8)42-22-13-14-23-43(42)53;/h9-25,28-30H,1-8H3;/q-3;. The molecule has 0 unspecified atom stereocenters. The quantitative estimate of drug-likeness (QED) is 0.161. The summed E-state index contributed by atoms with van der Waals surface area (Å²) in [6, 6.07) is 45.4. The normalized spacial score (nSPS) is 14.5. The fraction of sp³-hybridized carbons (Fsp3) is 0.229. The van der Waals surface area contributed by atoms with Crippen molar-refractivity contribution >= 4 is 22.7 Å². The van der Waals surface area contributed by atoms with E-state index in [1.807, 2.05) is 6.20 Å². The Morgan fingerprint density at radius 3 is 2.06 bits per heavy atom. The molecule has 1 aliphatic heterocycles. The first-order chi connectivity index (χ1) is 25.4. The molecule has 0 radical (unpaired) electrons. The van der Waals surface area contributed by atoms with Crippen molar-refractivity contribution in [3.8, 4) is 11.1 Å². The summed E-state index contributed by atoms with van der Waals surface area (Å²) in [6.07, 6.45) is 4.24. The van der Waals surface area contributed by atoms with E-state index >= 15 is 0 Å². The maximum atomic E-state index is 5.20. The van der Waals surface area contributed by atoms with E-state index in [9.17, 15) is 0 Å². The van der Waals surface area contributed by atoms with Gasteiger partial charge in [0.25, 0.3) is 0 Å². The number of hydrogen-bond donors (Lipinski definition) is 0. The second-order valence-electron chi connectivity index (χ2n) is 16.2. The van der Waals surface area contributed by atoms with Crippen molar-refractivity contribution in [2.24, 2.45) is 0 Å². The third-order valence-electron chi connectivity index (χ3n) is 11.6. The van der Waals surface area contributed by atoms with Gasteiger partial charge >= 0.3 is 0 Å². The van der Waals surface area contributed by atoms with Crippen LogP contribution in [0.3, 0.4) is 0 Å². The van der Waals surface area contributed by atoms with Crippen LogP contribution in [0.4, 0.5) is 17.1 Å². The maximum Gasteiger partial charge on any atom is 0.0486 e. The van der Waals surface area contributed by atoms with Gasteiger partial charge in [-0.1, -0.05) is 101 Å². The van der Waals surface area contributed by atoms with Crippen LogP contribution in [0.25, 0.3) is 16.8 Å². The molecule has 0 atom stereocenters. The van der Waals surface area contributed by atoms with Crippen LogP contribution in [0.2, 0.25) is 0 Å². The zero-order valence-corrected chi connectivity index (χ0v) is 34.4. The monoisotopic (exact) mass is 885 g/mol. The van der Waals surface area contributed by atoms with Gasteiger partial charge in [-0.3, -0.25) is 9.97 Å². The number of para-hydroxylation sites is 2. The first-order valence-corrected chi connectivity index (χ1v) is 18.5. The number of anilines is 3. The Morgan fingerprint density at radius 2 is 1.37 bits per heavy atom. The molecular formula is C48H44N5Pt-3. The summed E-state index contributed by atoms with van der Waals surface area (Å²) in [4.78, 5) is 14.6. The van der Waals surface area contributed by atoms with Crippen molar-refractivity contribution in [3.05, 3.63) is 185 Å². The van der Waals surface area contributed by atoms with E-state index in [2.05, 4.69) is 198 Å². The Labute approximate surface area is 334 Å². The molecule has 1 aliphatic carbocycles. The van der Waals surface area contributed by atoms with Crippen LogP contribution in [-0.4, -0.2) is 21.4 Å². The summed E-state index contributed by atoms with van der Waals surface area (Å²) in [5.74, 6) is 0. The van der Waals surface area contributed by atoms with E-state index in [-0.39, 0.29) is 26.5 Å². The van der Waals surface area contributed by atoms with E-state index in [4.69, 9.17) is 9.97 Å². The fourth-order valence-corrected chi connectivity index (χ4v) is 8.54. The SMILES string of the molecule is Cc1nc2c(C(C)(C)c3cc(C(C)(C)C)ccn3)[c-]c(C3(c4[c-]c(N5[CH-]N(C)c6ccccc65)ccc4)c4ccccc4-c4ccccc43)cn2c1C.[Pt]. The van der Waals surface area contributed by atoms with Crippen molar-refractivity contribution < 1.29 is 21.1 Å². The number of nitrogens with zero attached hydrogens (tertiary/aromatic N) is 5. The third-order valence-corrected chi connectivity index (χ3v) is 11.6. The van der Waals surface area contributed by atoms with Crippen LogP contribution in [-0.2, 0) is 37.3 Å². The van der Waals surface area contributed by atoms with Crippen LogP contribution in [0.1, 0.15) is 85.1 Å². The molecule has 2 aliphatic rings. The molecule has 4 aromatic carbocycles. The van der Waals surface area contributed by atoms with E-state index in [0.717, 1.165) is 50.8 Å². The number of benzene rings is 4. The Bertz CT molecular complexity index is 2530. The molecule has 9 rings (SSSR count). The van der Waals surface area contributed by atoms with Crippen molar-refractivity contribution in [2.45, 2.75) is 64.7 Å². The molecule has 0 spiro atoms. The van der Waals surface area contributed by atoms with Gasteiger partial charge in [0.15, 0.2) is 0 Å². The smallest absolute Gasteiger partial charge is 0.0486 e. The molecule has 7 aromatic rings. The van der Waals surface area contributed by atoms with E-state index in [1.165, 1.54) is 33.5 Å². The van der Waals surface area contributed by atoms with Crippen LogP contribution >= 0.6 is 0 Å². The van der Waals surface area contributed by atoms with Gasteiger partial charge in [0, 0.05) is 72.2 Å². The van der Waals surface area contributed by atoms with Gasteiger partial charge in [0.05, 0.1) is 0 Å². The summed E-state index contributed by atoms with van der Waals surface area (Å²) in [5.41, 5.74) is 15.3. The number of hydrogen-bond acceptors (Lipinski definition) is 4. The Hall–Kier alpha value is -4.99. The molecule has 0 amide bonds. The average molecular weight is 886 g/mol. The molecular weight excluding hydrogens is 842 g/mol. The zero-order chi connectivity index (χ0) is 36.9. The minimum atomic E-state index is -0.724. The number of fused-ring (bicyclic) bond motifs is 5. The van der Waals surface area contributed by atoms with Crippen LogP contribution < -0.4 is 9.80 Å². The second kappa shape index (κ2) is 12.8. The Balaban J connectivity index is 0.00000413. The maximum absolute atomic E-state index is 5.20. The molecule has 4 heterocycles. The molecule has 54 heavy (non-hydrogen) atoms. The molecule has 0 saturated carbocycles. The number of imidazole rings is 1. The number of aromatic nitrogens is 3. The minimum absolute atomic E-state index is 0. The van der Waals surface area contributed by atoms with Gasteiger partial charge in [0.1, 0.15) is 0 Å².